The topological polar surface area (TPSA) is 84.2 Å². The van der Waals surface area contributed by atoms with Crippen LogP contribution in [0.4, 0.5) is 0 Å². The van der Waals surface area contributed by atoms with Crippen molar-refractivity contribution in [3.8, 4) is 11.3 Å². The summed E-state index contributed by atoms with van der Waals surface area (Å²) in [4.78, 5) is 0.181. The number of hydrogen-bond donors (Lipinski definition) is 2. The predicted molar refractivity (Wildman–Crippen MR) is 75.6 cm³/mol. The second-order valence-corrected chi connectivity index (χ2v) is 6.15. The molecule has 0 bridgehead atoms. The van der Waals surface area contributed by atoms with Crippen molar-refractivity contribution in [3.63, 3.8) is 0 Å². The lowest BCUT2D eigenvalue weighted by Crippen LogP contribution is -2.37. The summed E-state index contributed by atoms with van der Waals surface area (Å²) in [6.45, 7) is 2.20. The molecular weight excluding hydrogens is 278 g/mol. The van der Waals surface area contributed by atoms with E-state index in [1.54, 1.807) is 37.4 Å². The molecular formula is C13H17N3O3S. The Morgan fingerprint density at radius 1 is 1.30 bits per heavy atom. The van der Waals surface area contributed by atoms with Gasteiger partial charge in [0.15, 0.2) is 5.76 Å². The number of sulfonamides is 1. The van der Waals surface area contributed by atoms with Crippen LogP contribution in [0.3, 0.4) is 0 Å². The smallest absolute Gasteiger partial charge is 0.241 e. The van der Waals surface area contributed by atoms with Crippen LogP contribution in [0.25, 0.3) is 11.3 Å². The summed E-state index contributed by atoms with van der Waals surface area (Å²) in [5, 5.41) is 6.58. The van der Waals surface area contributed by atoms with Crippen LogP contribution in [0.5, 0.6) is 0 Å². The maximum absolute atomic E-state index is 12.4. The minimum absolute atomic E-state index is 0.0437. The third-order valence-corrected chi connectivity index (χ3v) is 4.43. The van der Waals surface area contributed by atoms with Crippen molar-refractivity contribution in [1.29, 1.82) is 0 Å². The summed E-state index contributed by atoms with van der Waals surface area (Å²) in [6, 6.07) is 8.34. The Morgan fingerprint density at radius 3 is 2.70 bits per heavy atom. The molecule has 0 aliphatic heterocycles. The summed E-state index contributed by atoms with van der Waals surface area (Å²) in [5.41, 5.74) is 0.495. The van der Waals surface area contributed by atoms with Gasteiger partial charge in [-0.3, -0.25) is 0 Å². The summed E-state index contributed by atoms with van der Waals surface area (Å²) >= 11 is 0. The fourth-order valence-corrected chi connectivity index (χ4v) is 3.01. The molecule has 6 nitrogen and oxygen atoms in total. The van der Waals surface area contributed by atoms with Crippen LogP contribution in [-0.2, 0) is 10.0 Å². The van der Waals surface area contributed by atoms with Crippen molar-refractivity contribution in [3.05, 3.63) is 36.5 Å². The number of aromatic nitrogens is 1. The zero-order valence-corrected chi connectivity index (χ0v) is 12.1. The monoisotopic (exact) mass is 295 g/mol. The van der Waals surface area contributed by atoms with E-state index in [0.717, 1.165) is 0 Å². The predicted octanol–water partition coefficient (Wildman–Crippen LogP) is 1.23. The fourth-order valence-electron chi connectivity index (χ4n) is 1.67. The zero-order valence-electron chi connectivity index (χ0n) is 11.3. The summed E-state index contributed by atoms with van der Waals surface area (Å²) < 4.78 is 32.4. The lowest BCUT2D eigenvalue weighted by atomic mass is 10.2. The van der Waals surface area contributed by atoms with Gasteiger partial charge in [0, 0.05) is 24.2 Å². The third-order valence-electron chi connectivity index (χ3n) is 2.95. The number of likely N-dealkylation sites (N-methyl/N-ethyl adjacent to an activating group) is 1. The van der Waals surface area contributed by atoms with Crippen LogP contribution in [0.1, 0.15) is 6.92 Å². The fraction of sp³-hybridized carbons (Fsp3) is 0.308. The first-order valence-corrected chi connectivity index (χ1v) is 7.70. The molecule has 0 fully saturated rings. The van der Waals surface area contributed by atoms with Crippen molar-refractivity contribution < 1.29 is 12.9 Å². The van der Waals surface area contributed by atoms with Crippen molar-refractivity contribution in [2.75, 3.05) is 13.6 Å². The summed E-state index contributed by atoms with van der Waals surface area (Å²) in [7, 11) is -1.82. The Bertz CT molecular complexity index is 653. The average Bonchev–Trinajstić information content (AvgIpc) is 2.99. The molecule has 2 aromatic rings. The second kappa shape index (κ2) is 6.17. The highest BCUT2D eigenvalue weighted by Gasteiger charge is 2.20. The highest BCUT2D eigenvalue weighted by molar-refractivity contribution is 7.89. The largest absolute Gasteiger partial charge is 0.356 e. The van der Waals surface area contributed by atoms with Gasteiger partial charge in [-0.15, -0.1) is 0 Å². The van der Waals surface area contributed by atoms with Crippen molar-refractivity contribution >= 4 is 10.0 Å². The van der Waals surface area contributed by atoms with Crippen LogP contribution in [0.2, 0.25) is 0 Å². The Morgan fingerprint density at radius 2 is 2.05 bits per heavy atom. The Kier molecular flexibility index (Phi) is 4.53. The highest BCUT2D eigenvalue weighted by atomic mass is 32.2. The Labute approximate surface area is 118 Å². The van der Waals surface area contributed by atoms with E-state index >= 15 is 0 Å². The van der Waals surface area contributed by atoms with Gasteiger partial charge in [0.2, 0.25) is 10.0 Å². The Balaban J connectivity index is 2.33. The molecule has 1 heterocycles. The van der Waals surface area contributed by atoms with E-state index in [0.29, 0.717) is 17.9 Å². The number of benzene rings is 1. The summed E-state index contributed by atoms with van der Waals surface area (Å²) in [6.07, 6.45) is 1.48. The zero-order chi connectivity index (χ0) is 14.6. The number of nitrogens with zero attached hydrogens (tertiary/aromatic N) is 1. The van der Waals surface area contributed by atoms with Gasteiger partial charge in [0.05, 0.1) is 11.1 Å². The molecule has 1 aromatic carbocycles. The standard InChI is InChI=1S/C13H17N3O3S/c1-10(14-2)9-16-20(17,18)13-6-4-3-5-11(13)12-7-8-15-19-12/h3-8,10,14,16H,9H2,1-2H3. The molecule has 0 aliphatic carbocycles. The van der Waals surface area contributed by atoms with Gasteiger partial charge in [-0.1, -0.05) is 17.3 Å². The van der Waals surface area contributed by atoms with Crippen LogP contribution in [0, 0.1) is 0 Å². The molecule has 7 heteroatoms. The van der Waals surface area contributed by atoms with E-state index in [1.165, 1.54) is 6.20 Å². The third kappa shape index (κ3) is 3.24. The van der Waals surface area contributed by atoms with Gasteiger partial charge in [0.25, 0.3) is 0 Å². The molecule has 2 N–H and O–H groups in total. The first-order chi connectivity index (χ1) is 9.54. The molecule has 108 valence electrons. The molecule has 0 aliphatic rings. The lowest BCUT2D eigenvalue weighted by molar-refractivity contribution is 0.431. The maximum Gasteiger partial charge on any atom is 0.241 e. The molecule has 0 spiro atoms. The highest BCUT2D eigenvalue weighted by Crippen LogP contribution is 2.26. The quantitative estimate of drug-likeness (QED) is 0.837. The molecule has 0 amide bonds. The van der Waals surface area contributed by atoms with Crippen molar-refractivity contribution in [2.24, 2.45) is 0 Å². The number of rotatable bonds is 6. The number of nitrogens with one attached hydrogen (secondary N) is 2. The minimum Gasteiger partial charge on any atom is -0.356 e. The molecule has 20 heavy (non-hydrogen) atoms. The van der Waals surface area contributed by atoms with E-state index in [-0.39, 0.29) is 10.9 Å². The van der Waals surface area contributed by atoms with Gasteiger partial charge < -0.3 is 9.84 Å². The minimum atomic E-state index is -3.60. The molecule has 0 saturated heterocycles. The molecule has 2 rings (SSSR count). The second-order valence-electron chi connectivity index (χ2n) is 4.41. The van der Waals surface area contributed by atoms with Gasteiger partial charge in [-0.25, -0.2) is 13.1 Å². The molecule has 0 saturated carbocycles. The van der Waals surface area contributed by atoms with Crippen molar-refractivity contribution in [1.82, 2.24) is 15.2 Å². The lowest BCUT2D eigenvalue weighted by Gasteiger charge is -2.13. The van der Waals surface area contributed by atoms with Gasteiger partial charge >= 0.3 is 0 Å². The first kappa shape index (κ1) is 14.7. The summed E-state index contributed by atoms with van der Waals surface area (Å²) in [5.74, 6) is 0.424. The van der Waals surface area contributed by atoms with E-state index in [4.69, 9.17) is 4.52 Å². The Hall–Kier alpha value is -1.70. The average molecular weight is 295 g/mol. The van der Waals surface area contributed by atoms with Gasteiger partial charge in [0.1, 0.15) is 0 Å². The van der Waals surface area contributed by atoms with E-state index < -0.39 is 10.0 Å². The molecule has 0 radical (unpaired) electrons. The SMILES string of the molecule is CNC(C)CNS(=O)(=O)c1ccccc1-c1ccno1. The van der Waals surface area contributed by atoms with Gasteiger partial charge in [-0.2, -0.15) is 0 Å². The molecule has 1 unspecified atom stereocenters. The maximum atomic E-state index is 12.4. The van der Waals surface area contributed by atoms with Gasteiger partial charge in [-0.05, 0) is 26.1 Å². The number of hydrogen-bond acceptors (Lipinski definition) is 5. The van der Waals surface area contributed by atoms with Crippen LogP contribution < -0.4 is 10.0 Å². The van der Waals surface area contributed by atoms with Crippen LogP contribution >= 0.6 is 0 Å². The van der Waals surface area contributed by atoms with Crippen molar-refractivity contribution in [2.45, 2.75) is 17.9 Å². The van der Waals surface area contributed by atoms with E-state index in [1.807, 2.05) is 6.92 Å². The first-order valence-electron chi connectivity index (χ1n) is 6.21. The van der Waals surface area contributed by atoms with Crippen LogP contribution in [-0.4, -0.2) is 33.2 Å². The van der Waals surface area contributed by atoms with E-state index in [2.05, 4.69) is 15.2 Å². The normalized spacial score (nSPS) is 13.3. The van der Waals surface area contributed by atoms with Crippen LogP contribution in [0.15, 0.2) is 45.9 Å². The molecule has 1 atom stereocenters. The molecule has 1 aromatic heterocycles. The van der Waals surface area contributed by atoms with E-state index in [9.17, 15) is 8.42 Å².